The molecule has 2 saturated heterocycles. The summed E-state index contributed by atoms with van der Waals surface area (Å²) in [6.07, 6.45) is 3.15. The van der Waals surface area contributed by atoms with Gasteiger partial charge in [-0.15, -0.1) is 0 Å². The van der Waals surface area contributed by atoms with Gasteiger partial charge in [-0.1, -0.05) is 35.8 Å². The van der Waals surface area contributed by atoms with Gasteiger partial charge in [-0.05, 0) is 56.0 Å². The van der Waals surface area contributed by atoms with E-state index in [0.29, 0.717) is 5.76 Å². The summed E-state index contributed by atoms with van der Waals surface area (Å²) in [6, 6.07) is 6.16. The third kappa shape index (κ3) is 1.93. The van der Waals surface area contributed by atoms with E-state index in [9.17, 15) is 4.79 Å². The molecule has 3 atom stereocenters. The molecule has 3 unspecified atom stereocenters. The Kier molecular flexibility index (Phi) is 3.73. The van der Waals surface area contributed by atoms with Crippen LogP contribution in [0.2, 0.25) is 0 Å². The lowest BCUT2D eigenvalue weighted by Gasteiger charge is -2.25. The second kappa shape index (κ2) is 5.20. The minimum atomic E-state index is -0.860. The second-order valence-corrected chi connectivity index (χ2v) is 7.01. The molecule has 1 aromatic rings. The molecule has 4 heteroatoms. The normalized spacial score (nSPS) is 35.2. The SMILES string of the molecule is C/C=C1\OC(C)(CC)C2(OC2c2ccc(Br)cc2CC)C1=O. The van der Waals surface area contributed by atoms with Gasteiger partial charge in [0.1, 0.15) is 11.7 Å². The first-order valence-electron chi connectivity index (χ1n) is 7.79. The first-order chi connectivity index (χ1) is 10.4. The van der Waals surface area contributed by atoms with Crippen LogP contribution in [0.1, 0.15) is 51.3 Å². The smallest absolute Gasteiger partial charge is 0.235 e. The van der Waals surface area contributed by atoms with Gasteiger partial charge in [0, 0.05) is 4.47 Å². The average Bonchev–Trinajstić information content (AvgIpc) is 3.24. The predicted molar refractivity (Wildman–Crippen MR) is 88.6 cm³/mol. The lowest BCUT2D eigenvalue weighted by molar-refractivity contribution is -0.120. The maximum Gasteiger partial charge on any atom is 0.235 e. The topological polar surface area (TPSA) is 38.8 Å². The molecule has 118 valence electrons. The number of ether oxygens (including phenoxy) is 2. The highest BCUT2D eigenvalue weighted by Gasteiger charge is 2.78. The highest BCUT2D eigenvalue weighted by Crippen LogP contribution is 2.63. The average molecular weight is 365 g/mol. The number of ketones is 1. The highest BCUT2D eigenvalue weighted by molar-refractivity contribution is 9.10. The van der Waals surface area contributed by atoms with Crippen LogP contribution in [0.15, 0.2) is 34.5 Å². The summed E-state index contributed by atoms with van der Waals surface area (Å²) in [5.41, 5.74) is 0.840. The summed E-state index contributed by atoms with van der Waals surface area (Å²) < 4.78 is 13.1. The van der Waals surface area contributed by atoms with Crippen LogP contribution in [0.25, 0.3) is 0 Å². The van der Waals surface area contributed by atoms with E-state index in [2.05, 4.69) is 35.0 Å². The molecule has 22 heavy (non-hydrogen) atoms. The van der Waals surface area contributed by atoms with Crippen LogP contribution in [-0.4, -0.2) is 17.0 Å². The van der Waals surface area contributed by atoms with Crippen molar-refractivity contribution in [3.8, 4) is 0 Å². The highest BCUT2D eigenvalue weighted by atomic mass is 79.9. The fraction of sp³-hybridized carbons (Fsp3) is 0.500. The minimum absolute atomic E-state index is 0.0191. The molecule has 1 aromatic carbocycles. The van der Waals surface area contributed by atoms with Gasteiger partial charge in [-0.3, -0.25) is 4.79 Å². The van der Waals surface area contributed by atoms with E-state index < -0.39 is 11.2 Å². The molecule has 2 fully saturated rings. The Morgan fingerprint density at radius 1 is 1.36 bits per heavy atom. The van der Waals surface area contributed by atoms with Crippen molar-refractivity contribution in [2.24, 2.45) is 0 Å². The van der Waals surface area contributed by atoms with Crippen molar-refractivity contribution >= 4 is 21.7 Å². The number of epoxide rings is 1. The largest absolute Gasteiger partial charge is 0.480 e. The Morgan fingerprint density at radius 2 is 2.09 bits per heavy atom. The molecule has 2 heterocycles. The van der Waals surface area contributed by atoms with Crippen LogP contribution < -0.4 is 0 Å². The molecule has 0 saturated carbocycles. The first kappa shape index (κ1) is 15.8. The van der Waals surface area contributed by atoms with Crippen LogP contribution in [0.5, 0.6) is 0 Å². The lowest BCUT2D eigenvalue weighted by atomic mass is 9.80. The summed E-state index contributed by atoms with van der Waals surface area (Å²) in [4.78, 5) is 12.8. The Balaban J connectivity index is 2.06. The van der Waals surface area contributed by atoms with Gasteiger partial charge < -0.3 is 9.47 Å². The van der Waals surface area contributed by atoms with Gasteiger partial charge in [0.05, 0.1) is 0 Å². The van der Waals surface area contributed by atoms with E-state index in [0.717, 1.165) is 22.9 Å². The quantitative estimate of drug-likeness (QED) is 0.585. The Labute approximate surface area is 139 Å². The van der Waals surface area contributed by atoms with Crippen molar-refractivity contribution in [1.82, 2.24) is 0 Å². The molecular formula is C18H21BrO3. The Hall–Kier alpha value is -1.13. The maximum atomic E-state index is 12.8. The van der Waals surface area contributed by atoms with Gasteiger partial charge >= 0.3 is 0 Å². The van der Waals surface area contributed by atoms with Crippen molar-refractivity contribution in [3.05, 3.63) is 45.6 Å². The molecule has 0 aliphatic carbocycles. The third-order valence-corrected chi connectivity index (χ3v) is 5.50. The third-order valence-electron chi connectivity index (χ3n) is 5.00. The minimum Gasteiger partial charge on any atom is -0.480 e. The zero-order valence-electron chi connectivity index (χ0n) is 13.4. The van der Waals surface area contributed by atoms with Crippen molar-refractivity contribution in [1.29, 1.82) is 0 Å². The molecule has 2 aliphatic heterocycles. The van der Waals surface area contributed by atoms with Gasteiger partial charge in [0.15, 0.2) is 5.76 Å². The molecule has 0 bridgehead atoms. The summed E-state index contributed by atoms with van der Waals surface area (Å²) in [7, 11) is 0. The van der Waals surface area contributed by atoms with E-state index >= 15 is 0 Å². The second-order valence-electron chi connectivity index (χ2n) is 6.10. The van der Waals surface area contributed by atoms with Crippen LogP contribution >= 0.6 is 15.9 Å². The lowest BCUT2D eigenvalue weighted by Crippen LogP contribution is -2.42. The zero-order chi connectivity index (χ0) is 16.1. The fourth-order valence-corrected chi connectivity index (χ4v) is 3.87. The number of carbonyl (C=O) groups excluding carboxylic acids is 1. The number of rotatable bonds is 3. The van der Waals surface area contributed by atoms with Crippen LogP contribution in [0.4, 0.5) is 0 Å². The van der Waals surface area contributed by atoms with E-state index in [4.69, 9.17) is 9.47 Å². The molecule has 0 aromatic heterocycles. The van der Waals surface area contributed by atoms with E-state index in [1.165, 1.54) is 5.56 Å². The first-order valence-corrected chi connectivity index (χ1v) is 8.59. The van der Waals surface area contributed by atoms with Crippen molar-refractivity contribution < 1.29 is 14.3 Å². The maximum absolute atomic E-state index is 12.8. The van der Waals surface area contributed by atoms with E-state index in [1.54, 1.807) is 6.08 Å². The summed E-state index contributed by atoms with van der Waals surface area (Å²) in [5, 5.41) is 0. The summed E-state index contributed by atoms with van der Waals surface area (Å²) in [5.74, 6) is 0.413. The Bertz CT molecular complexity index is 666. The van der Waals surface area contributed by atoms with Gasteiger partial charge in [0.2, 0.25) is 11.4 Å². The monoisotopic (exact) mass is 364 g/mol. The number of allylic oxidation sites excluding steroid dienone is 1. The molecule has 2 aliphatic rings. The number of aryl methyl sites for hydroxylation is 1. The number of hydrogen-bond donors (Lipinski definition) is 0. The number of carbonyl (C=O) groups is 1. The Morgan fingerprint density at radius 3 is 2.68 bits per heavy atom. The molecule has 1 spiro atoms. The van der Waals surface area contributed by atoms with Gasteiger partial charge in [-0.25, -0.2) is 0 Å². The molecule has 3 nitrogen and oxygen atoms in total. The number of halogens is 1. The number of hydrogen-bond acceptors (Lipinski definition) is 3. The molecular weight excluding hydrogens is 344 g/mol. The summed E-state index contributed by atoms with van der Waals surface area (Å²) >= 11 is 3.51. The van der Waals surface area contributed by atoms with Crippen molar-refractivity contribution in [2.45, 2.75) is 57.8 Å². The fourth-order valence-electron chi connectivity index (χ4n) is 3.46. The molecule has 0 N–H and O–H groups in total. The summed E-state index contributed by atoms with van der Waals surface area (Å²) in [6.45, 7) is 7.96. The standard InChI is InChI=1S/C18H21BrO3/c1-5-11-10-12(19)8-9-13(11)16-18(22-16)15(20)14(6-2)21-17(18,4)7-3/h6,8-10,16H,5,7H2,1-4H3/b14-6-. The van der Waals surface area contributed by atoms with E-state index in [-0.39, 0.29) is 11.9 Å². The van der Waals surface area contributed by atoms with E-state index in [1.807, 2.05) is 26.8 Å². The van der Waals surface area contributed by atoms with Crippen LogP contribution in [0, 0.1) is 0 Å². The van der Waals surface area contributed by atoms with Crippen LogP contribution in [-0.2, 0) is 20.7 Å². The van der Waals surface area contributed by atoms with Gasteiger partial charge in [-0.2, -0.15) is 0 Å². The van der Waals surface area contributed by atoms with Gasteiger partial charge in [0.25, 0.3) is 0 Å². The molecule has 3 rings (SSSR count). The number of benzene rings is 1. The number of Topliss-reactive ketones (excluding diaryl/α,β-unsaturated/α-hetero) is 1. The van der Waals surface area contributed by atoms with Crippen molar-refractivity contribution in [2.75, 3.05) is 0 Å². The molecule has 0 radical (unpaired) electrons. The van der Waals surface area contributed by atoms with Crippen LogP contribution in [0.3, 0.4) is 0 Å². The zero-order valence-corrected chi connectivity index (χ0v) is 15.0. The van der Waals surface area contributed by atoms with Crippen molar-refractivity contribution in [3.63, 3.8) is 0 Å². The molecule has 0 amide bonds. The predicted octanol–water partition coefficient (Wildman–Crippen LogP) is 4.49.